The molecule has 17 heavy (non-hydrogen) atoms. The maximum Gasteiger partial charge on any atom is 0.0693 e. The van der Waals surface area contributed by atoms with Gasteiger partial charge in [0.1, 0.15) is 0 Å². The Morgan fingerprint density at radius 3 is 2.47 bits per heavy atom. The van der Waals surface area contributed by atoms with Crippen molar-refractivity contribution >= 4 is 21.5 Å². The number of aliphatic hydroxyl groups excluding tert-OH is 1. The Morgan fingerprint density at radius 1 is 0.882 bits per heavy atom. The van der Waals surface area contributed by atoms with Crippen molar-refractivity contribution in [2.45, 2.75) is 13.5 Å². The minimum Gasteiger partial charge on any atom is -0.392 e. The van der Waals surface area contributed by atoms with E-state index in [1.54, 1.807) is 0 Å². The van der Waals surface area contributed by atoms with E-state index in [0.29, 0.717) is 0 Å². The van der Waals surface area contributed by atoms with Crippen LogP contribution < -0.4 is 0 Å². The second-order valence-electron chi connectivity index (χ2n) is 4.46. The minimum absolute atomic E-state index is 0.0842. The van der Waals surface area contributed by atoms with Crippen LogP contribution in [0.3, 0.4) is 0 Å². The molecule has 0 aliphatic carbocycles. The Morgan fingerprint density at radius 2 is 1.65 bits per heavy atom. The van der Waals surface area contributed by atoms with E-state index in [0.717, 1.165) is 16.3 Å². The molecule has 0 aliphatic heterocycles. The first-order valence-electron chi connectivity index (χ1n) is 5.81. The van der Waals surface area contributed by atoms with Crippen molar-refractivity contribution < 1.29 is 5.11 Å². The molecule has 0 spiro atoms. The predicted molar refractivity (Wildman–Crippen MR) is 72.1 cm³/mol. The molecule has 0 radical (unpaired) electrons. The van der Waals surface area contributed by atoms with E-state index in [4.69, 9.17) is 0 Å². The van der Waals surface area contributed by atoms with Gasteiger partial charge in [0.15, 0.2) is 0 Å². The van der Waals surface area contributed by atoms with Crippen molar-refractivity contribution in [2.75, 3.05) is 0 Å². The van der Waals surface area contributed by atoms with Gasteiger partial charge < -0.3 is 5.11 Å². The quantitative estimate of drug-likeness (QED) is 0.621. The maximum atomic E-state index is 9.60. The second kappa shape index (κ2) is 3.86. The Balaban J connectivity index is 2.53. The van der Waals surface area contributed by atoms with Crippen molar-refractivity contribution in [2.24, 2.45) is 0 Å². The van der Waals surface area contributed by atoms with Gasteiger partial charge in [0.2, 0.25) is 0 Å². The molecular weight excluding hydrogens is 208 g/mol. The van der Waals surface area contributed by atoms with Crippen molar-refractivity contribution in [1.29, 1.82) is 0 Å². The molecule has 1 N–H and O–H groups in total. The van der Waals surface area contributed by atoms with E-state index in [1.807, 2.05) is 12.1 Å². The summed E-state index contributed by atoms with van der Waals surface area (Å²) in [6.07, 6.45) is 0. The first-order chi connectivity index (χ1) is 8.29. The molecule has 0 bridgehead atoms. The lowest BCUT2D eigenvalue weighted by Crippen LogP contribution is -1.89. The van der Waals surface area contributed by atoms with Crippen LogP contribution in [0.2, 0.25) is 0 Å². The first-order valence-corrected chi connectivity index (χ1v) is 5.81. The summed E-state index contributed by atoms with van der Waals surface area (Å²) >= 11 is 0. The largest absolute Gasteiger partial charge is 0.392 e. The Bertz CT molecular complexity index is 698. The van der Waals surface area contributed by atoms with E-state index in [2.05, 4.69) is 43.3 Å². The SMILES string of the molecule is Cc1ccc2c(CO)c3ccccc3cc2c1. The molecular formula is C16H14O. The molecule has 0 unspecified atom stereocenters. The molecule has 3 aromatic rings. The van der Waals surface area contributed by atoms with Gasteiger partial charge in [0, 0.05) is 0 Å². The van der Waals surface area contributed by atoms with Gasteiger partial charge in [-0.1, -0.05) is 48.0 Å². The van der Waals surface area contributed by atoms with Gasteiger partial charge in [-0.15, -0.1) is 0 Å². The number of fused-ring (bicyclic) bond motifs is 2. The van der Waals surface area contributed by atoms with Crippen LogP contribution in [-0.2, 0) is 6.61 Å². The molecule has 0 fully saturated rings. The van der Waals surface area contributed by atoms with E-state index in [-0.39, 0.29) is 6.61 Å². The van der Waals surface area contributed by atoms with E-state index in [9.17, 15) is 5.11 Å². The van der Waals surface area contributed by atoms with E-state index >= 15 is 0 Å². The molecule has 0 saturated heterocycles. The van der Waals surface area contributed by atoms with Crippen molar-refractivity contribution in [3.63, 3.8) is 0 Å². The van der Waals surface area contributed by atoms with Crippen LogP contribution in [0.5, 0.6) is 0 Å². The average Bonchev–Trinajstić information content (AvgIpc) is 2.35. The maximum absolute atomic E-state index is 9.60. The highest BCUT2D eigenvalue weighted by molar-refractivity contribution is 6.02. The fraction of sp³-hybridized carbons (Fsp3) is 0.125. The summed E-state index contributed by atoms with van der Waals surface area (Å²) in [5, 5.41) is 14.3. The van der Waals surface area contributed by atoms with Gasteiger partial charge in [0.25, 0.3) is 0 Å². The summed E-state index contributed by atoms with van der Waals surface area (Å²) in [6.45, 7) is 2.17. The second-order valence-corrected chi connectivity index (χ2v) is 4.46. The smallest absolute Gasteiger partial charge is 0.0693 e. The standard InChI is InChI=1S/C16H14O/c1-11-6-7-15-13(8-11)9-12-4-2-3-5-14(12)16(15)10-17/h2-9,17H,10H2,1H3. The van der Waals surface area contributed by atoms with E-state index in [1.165, 1.54) is 16.3 Å². The number of aryl methyl sites for hydroxylation is 1. The lowest BCUT2D eigenvalue weighted by atomic mass is 9.96. The molecule has 3 aromatic carbocycles. The Hall–Kier alpha value is -1.86. The summed E-state index contributed by atoms with van der Waals surface area (Å²) in [4.78, 5) is 0. The number of hydrogen-bond donors (Lipinski definition) is 1. The van der Waals surface area contributed by atoms with Gasteiger partial charge in [0.05, 0.1) is 6.61 Å². The van der Waals surface area contributed by atoms with Crippen LogP contribution in [0.25, 0.3) is 21.5 Å². The summed E-state index contributed by atoms with van der Waals surface area (Å²) < 4.78 is 0. The van der Waals surface area contributed by atoms with Crippen LogP contribution in [0, 0.1) is 6.92 Å². The third-order valence-corrected chi connectivity index (χ3v) is 3.29. The molecule has 0 atom stereocenters. The highest BCUT2D eigenvalue weighted by Crippen LogP contribution is 2.29. The number of benzene rings is 3. The zero-order valence-electron chi connectivity index (χ0n) is 9.77. The van der Waals surface area contributed by atoms with Gasteiger partial charge in [-0.2, -0.15) is 0 Å². The molecule has 0 heterocycles. The summed E-state index contributed by atoms with van der Waals surface area (Å²) in [7, 11) is 0. The third-order valence-electron chi connectivity index (χ3n) is 3.29. The average molecular weight is 222 g/mol. The lowest BCUT2D eigenvalue weighted by molar-refractivity contribution is 0.285. The molecule has 84 valence electrons. The van der Waals surface area contributed by atoms with Crippen LogP contribution >= 0.6 is 0 Å². The van der Waals surface area contributed by atoms with Gasteiger partial charge >= 0.3 is 0 Å². The fourth-order valence-electron chi connectivity index (χ4n) is 2.46. The monoisotopic (exact) mass is 222 g/mol. The van der Waals surface area contributed by atoms with E-state index < -0.39 is 0 Å². The third kappa shape index (κ3) is 1.60. The topological polar surface area (TPSA) is 20.2 Å². The molecule has 0 aliphatic rings. The first kappa shape index (κ1) is 10.3. The highest BCUT2D eigenvalue weighted by Gasteiger charge is 2.06. The Kier molecular flexibility index (Phi) is 2.34. The van der Waals surface area contributed by atoms with Crippen molar-refractivity contribution in [3.8, 4) is 0 Å². The molecule has 0 aromatic heterocycles. The van der Waals surface area contributed by atoms with Crippen molar-refractivity contribution in [1.82, 2.24) is 0 Å². The normalized spacial score (nSPS) is 11.2. The molecule has 3 rings (SSSR count). The summed E-state index contributed by atoms with van der Waals surface area (Å²) in [6, 6.07) is 16.8. The minimum atomic E-state index is 0.0842. The highest BCUT2D eigenvalue weighted by atomic mass is 16.3. The number of aliphatic hydroxyl groups is 1. The zero-order chi connectivity index (χ0) is 11.8. The summed E-state index contributed by atoms with van der Waals surface area (Å²) in [5.74, 6) is 0. The van der Waals surface area contributed by atoms with Crippen LogP contribution in [0.1, 0.15) is 11.1 Å². The summed E-state index contributed by atoms with van der Waals surface area (Å²) in [5.41, 5.74) is 2.27. The number of rotatable bonds is 1. The van der Waals surface area contributed by atoms with Crippen LogP contribution in [-0.4, -0.2) is 5.11 Å². The molecule has 0 saturated carbocycles. The molecule has 1 heteroatoms. The predicted octanol–water partition coefficient (Wildman–Crippen LogP) is 3.79. The van der Waals surface area contributed by atoms with Crippen molar-refractivity contribution in [3.05, 3.63) is 59.7 Å². The van der Waals surface area contributed by atoms with Crippen LogP contribution in [0.15, 0.2) is 48.5 Å². The van der Waals surface area contributed by atoms with Gasteiger partial charge in [-0.05, 0) is 40.1 Å². The lowest BCUT2D eigenvalue weighted by Gasteiger charge is -2.09. The molecule has 0 amide bonds. The fourth-order valence-corrected chi connectivity index (χ4v) is 2.46. The zero-order valence-corrected chi connectivity index (χ0v) is 9.77. The molecule has 1 nitrogen and oxygen atoms in total. The van der Waals surface area contributed by atoms with Gasteiger partial charge in [-0.25, -0.2) is 0 Å². The number of hydrogen-bond acceptors (Lipinski definition) is 1. The Labute approximate surface area is 100 Å². The van der Waals surface area contributed by atoms with Crippen LogP contribution in [0.4, 0.5) is 0 Å². The van der Waals surface area contributed by atoms with Gasteiger partial charge in [-0.3, -0.25) is 0 Å².